The second-order valence-electron chi connectivity index (χ2n) is 2.35. The maximum Gasteiger partial charge on any atom is 0.332 e. The number of halogens is 1. The second kappa shape index (κ2) is 10.3. The number of hydrogen-bond donors (Lipinski definition) is 1. The number of hydrogen-bond acceptors (Lipinski definition) is 4. The third kappa shape index (κ3) is 11.2. The molecule has 0 fully saturated rings. The molecular formula is C8H15ClO5. The van der Waals surface area contributed by atoms with Crippen molar-refractivity contribution in [3.63, 3.8) is 0 Å². The molecule has 5 nitrogen and oxygen atoms in total. The Labute approximate surface area is 88.8 Å². The Balaban J connectivity index is 0. The number of carboxylic acids is 1. The van der Waals surface area contributed by atoms with Gasteiger partial charge in [0.05, 0.1) is 6.61 Å². The monoisotopic (exact) mass is 226 g/mol. The minimum absolute atomic E-state index is 0. The Morgan fingerprint density at radius 2 is 2.00 bits per heavy atom. The highest BCUT2D eigenvalue weighted by molar-refractivity contribution is 5.85. The molecule has 0 rings (SSSR count). The first-order chi connectivity index (χ1) is 6.16. The molecule has 0 aliphatic rings. The van der Waals surface area contributed by atoms with Crippen LogP contribution in [0.5, 0.6) is 0 Å². The first-order valence-corrected chi connectivity index (χ1v) is 4.12. The maximum absolute atomic E-state index is 10.7. The Bertz CT molecular complexity index is 171. The van der Waals surface area contributed by atoms with Crippen molar-refractivity contribution in [1.29, 1.82) is 0 Å². The predicted molar refractivity (Wildman–Crippen MR) is 51.6 cm³/mol. The molecule has 0 saturated heterocycles. The Hall–Kier alpha value is -0.810. The van der Waals surface area contributed by atoms with Crippen molar-refractivity contribution in [3.8, 4) is 0 Å². The van der Waals surface area contributed by atoms with Crippen LogP contribution in [0.1, 0.15) is 19.8 Å². The van der Waals surface area contributed by atoms with Gasteiger partial charge in [-0.05, 0) is 13.3 Å². The number of carbonyl (C=O) groups is 2. The molecule has 0 heterocycles. The van der Waals surface area contributed by atoms with Crippen LogP contribution in [0.15, 0.2) is 0 Å². The number of ether oxygens (including phenoxy) is 2. The number of esters is 1. The normalized spacial score (nSPS) is 8.93. The van der Waals surface area contributed by atoms with Gasteiger partial charge in [-0.15, -0.1) is 12.4 Å². The smallest absolute Gasteiger partial charge is 0.332 e. The molecule has 14 heavy (non-hydrogen) atoms. The summed E-state index contributed by atoms with van der Waals surface area (Å²) in [6.45, 7) is 2.21. The molecule has 0 aromatic rings. The Morgan fingerprint density at radius 3 is 2.50 bits per heavy atom. The van der Waals surface area contributed by atoms with Gasteiger partial charge in [-0.1, -0.05) is 0 Å². The molecule has 0 spiro atoms. The lowest BCUT2D eigenvalue weighted by atomic mass is 10.3. The summed E-state index contributed by atoms with van der Waals surface area (Å²) in [5.74, 6) is -1.28. The number of carbonyl (C=O) groups excluding carboxylic acids is 1. The van der Waals surface area contributed by atoms with Gasteiger partial charge in [0.15, 0.2) is 0 Å². The van der Waals surface area contributed by atoms with E-state index in [-0.39, 0.29) is 32.0 Å². The van der Waals surface area contributed by atoms with Gasteiger partial charge in [0.1, 0.15) is 6.61 Å². The molecule has 0 aromatic heterocycles. The highest BCUT2D eigenvalue weighted by Gasteiger charge is 2.01. The van der Waals surface area contributed by atoms with Crippen LogP contribution in [-0.4, -0.2) is 36.9 Å². The van der Waals surface area contributed by atoms with Crippen LogP contribution in [0, 0.1) is 0 Å². The SMILES string of the molecule is CCOC(=O)COCCCC(=O)O.Cl. The molecule has 0 saturated carbocycles. The van der Waals surface area contributed by atoms with E-state index < -0.39 is 11.9 Å². The summed E-state index contributed by atoms with van der Waals surface area (Å²) in [6, 6.07) is 0. The average Bonchev–Trinajstić information content (AvgIpc) is 2.03. The highest BCUT2D eigenvalue weighted by atomic mass is 35.5. The topological polar surface area (TPSA) is 72.8 Å². The zero-order chi connectivity index (χ0) is 10.1. The van der Waals surface area contributed by atoms with E-state index in [1.165, 1.54) is 0 Å². The van der Waals surface area contributed by atoms with Gasteiger partial charge in [-0.2, -0.15) is 0 Å². The van der Waals surface area contributed by atoms with Crippen LogP contribution in [0.2, 0.25) is 0 Å². The molecule has 6 heteroatoms. The zero-order valence-electron chi connectivity index (χ0n) is 8.02. The minimum atomic E-state index is -0.861. The third-order valence-corrected chi connectivity index (χ3v) is 1.20. The van der Waals surface area contributed by atoms with E-state index in [0.29, 0.717) is 13.0 Å². The summed E-state index contributed by atoms with van der Waals surface area (Å²) >= 11 is 0. The second-order valence-corrected chi connectivity index (χ2v) is 2.35. The molecule has 0 aromatic carbocycles. The summed E-state index contributed by atoms with van der Waals surface area (Å²) in [7, 11) is 0. The van der Waals surface area contributed by atoms with Gasteiger partial charge in [-0.3, -0.25) is 4.79 Å². The summed E-state index contributed by atoms with van der Waals surface area (Å²) in [5, 5.41) is 8.26. The van der Waals surface area contributed by atoms with Crippen molar-refractivity contribution < 1.29 is 24.2 Å². The van der Waals surface area contributed by atoms with Crippen LogP contribution < -0.4 is 0 Å². The van der Waals surface area contributed by atoms with Crippen molar-refractivity contribution in [1.82, 2.24) is 0 Å². The highest BCUT2D eigenvalue weighted by Crippen LogP contribution is 1.90. The van der Waals surface area contributed by atoms with Crippen LogP contribution in [0.25, 0.3) is 0 Å². The van der Waals surface area contributed by atoms with Crippen molar-refractivity contribution in [3.05, 3.63) is 0 Å². The zero-order valence-corrected chi connectivity index (χ0v) is 8.84. The summed E-state index contributed by atoms with van der Waals surface area (Å²) in [4.78, 5) is 20.7. The van der Waals surface area contributed by atoms with E-state index in [2.05, 4.69) is 4.74 Å². The van der Waals surface area contributed by atoms with Gasteiger partial charge in [0.2, 0.25) is 0 Å². The molecule has 0 bridgehead atoms. The van der Waals surface area contributed by atoms with Crippen LogP contribution >= 0.6 is 12.4 Å². The van der Waals surface area contributed by atoms with Gasteiger partial charge in [0.25, 0.3) is 0 Å². The number of rotatable bonds is 7. The van der Waals surface area contributed by atoms with E-state index in [0.717, 1.165) is 0 Å². The molecule has 0 amide bonds. The summed E-state index contributed by atoms with van der Waals surface area (Å²) in [6.07, 6.45) is 0.470. The van der Waals surface area contributed by atoms with Crippen LogP contribution in [0.3, 0.4) is 0 Å². The van der Waals surface area contributed by atoms with Gasteiger partial charge < -0.3 is 14.6 Å². The lowest BCUT2D eigenvalue weighted by molar-refractivity contribution is -0.148. The molecule has 1 N–H and O–H groups in total. The average molecular weight is 227 g/mol. The third-order valence-electron chi connectivity index (χ3n) is 1.20. The quantitative estimate of drug-likeness (QED) is 0.515. The van der Waals surface area contributed by atoms with Crippen molar-refractivity contribution >= 4 is 24.3 Å². The number of carboxylic acid groups (broad SMARTS) is 1. The number of aliphatic carboxylic acids is 1. The maximum atomic E-state index is 10.7. The lowest BCUT2D eigenvalue weighted by Gasteiger charge is -2.02. The van der Waals surface area contributed by atoms with Crippen molar-refractivity contribution in [2.45, 2.75) is 19.8 Å². The predicted octanol–water partition coefficient (Wildman–Crippen LogP) is 0.853. The van der Waals surface area contributed by atoms with E-state index in [9.17, 15) is 9.59 Å². The van der Waals surface area contributed by atoms with E-state index in [4.69, 9.17) is 9.84 Å². The first-order valence-electron chi connectivity index (χ1n) is 4.12. The fraction of sp³-hybridized carbons (Fsp3) is 0.750. The van der Waals surface area contributed by atoms with Crippen molar-refractivity contribution in [2.24, 2.45) is 0 Å². The molecule has 0 atom stereocenters. The molecule has 0 aliphatic heterocycles. The van der Waals surface area contributed by atoms with Gasteiger partial charge in [0, 0.05) is 13.0 Å². The van der Waals surface area contributed by atoms with E-state index >= 15 is 0 Å². The summed E-state index contributed by atoms with van der Waals surface area (Å²) in [5.41, 5.74) is 0. The van der Waals surface area contributed by atoms with Crippen LogP contribution in [0.4, 0.5) is 0 Å². The largest absolute Gasteiger partial charge is 0.481 e. The Kier molecular flexibility index (Phi) is 11.5. The van der Waals surface area contributed by atoms with Gasteiger partial charge >= 0.3 is 11.9 Å². The van der Waals surface area contributed by atoms with Crippen LogP contribution in [-0.2, 0) is 19.1 Å². The Morgan fingerprint density at radius 1 is 1.36 bits per heavy atom. The fourth-order valence-corrected chi connectivity index (χ4v) is 0.684. The molecule has 84 valence electrons. The first kappa shape index (κ1) is 15.7. The van der Waals surface area contributed by atoms with E-state index in [1.807, 2.05) is 0 Å². The fourth-order valence-electron chi connectivity index (χ4n) is 0.684. The molecule has 0 unspecified atom stereocenters. The van der Waals surface area contributed by atoms with Gasteiger partial charge in [-0.25, -0.2) is 4.79 Å². The van der Waals surface area contributed by atoms with E-state index in [1.54, 1.807) is 6.92 Å². The summed E-state index contributed by atoms with van der Waals surface area (Å²) < 4.78 is 9.45. The molecule has 0 radical (unpaired) electrons. The molecular weight excluding hydrogens is 212 g/mol. The minimum Gasteiger partial charge on any atom is -0.481 e. The standard InChI is InChI=1S/C8H14O5.ClH/c1-2-13-8(11)6-12-5-3-4-7(9)10;/h2-6H2,1H3,(H,9,10);1H. The van der Waals surface area contributed by atoms with Crippen molar-refractivity contribution in [2.75, 3.05) is 19.8 Å². The molecule has 0 aliphatic carbocycles. The lowest BCUT2D eigenvalue weighted by Crippen LogP contribution is -2.13.